The summed E-state index contributed by atoms with van der Waals surface area (Å²) >= 11 is 3.16. The third kappa shape index (κ3) is 2.34. The van der Waals surface area contributed by atoms with Crippen LogP contribution in [0.5, 0.6) is 0 Å². The van der Waals surface area contributed by atoms with E-state index < -0.39 is 0 Å². The Hall–Kier alpha value is -1.75. The van der Waals surface area contributed by atoms with Gasteiger partial charge in [0.1, 0.15) is 0 Å². The molecule has 0 saturated heterocycles. The fraction of sp³-hybridized carbons (Fsp3) is 0.0833. The van der Waals surface area contributed by atoms with Gasteiger partial charge in [0, 0.05) is 11.4 Å². The quantitative estimate of drug-likeness (QED) is 0.836. The summed E-state index contributed by atoms with van der Waals surface area (Å²) in [5, 5.41) is 2.79. The fourth-order valence-electron chi connectivity index (χ4n) is 1.43. The van der Waals surface area contributed by atoms with Crippen LogP contribution in [0.1, 0.15) is 15.9 Å². The van der Waals surface area contributed by atoms with Crippen molar-refractivity contribution in [2.45, 2.75) is 6.92 Å². The zero-order valence-electron chi connectivity index (χ0n) is 9.16. The maximum Gasteiger partial charge on any atom is 0.260 e. The SMILES string of the molecule is Cc1c(N)cccc1NC(=O)c1ccoc1Br. The predicted octanol–water partition coefficient (Wildman–Crippen LogP) is 3.19. The Balaban J connectivity index is 2.25. The molecule has 3 N–H and O–H groups in total. The highest BCUT2D eigenvalue weighted by atomic mass is 79.9. The number of benzene rings is 1. The Morgan fingerprint density at radius 2 is 2.18 bits per heavy atom. The monoisotopic (exact) mass is 294 g/mol. The molecule has 0 aliphatic rings. The van der Waals surface area contributed by atoms with Crippen molar-refractivity contribution in [1.82, 2.24) is 0 Å². The number of rotatable bonds is 2. The van der Waals surface area contributed by atoms with Crippen LogP contribution < -0.4 is 11.1 Å². The second-order valence-corrected chi connectivity index (χ2v) is 4.30. The van der Waals surface area contributed by atoms with Crippen LogP contribution in [0.4, 0.5) is 11.4 Å². The van der Waals surface area contributed by atoms with Gasteiger partial charge in [-0.25, -0.2) is 0 Å². The van der Waals surface area contributed by atoms with Crippen molar-refractivity contribution in [3.63, 3.8) is 0 Å². The van der Waals surface area contributed by atoms with E-state index in [0.717, 1.165) is 5.56 Å². The predicted molar refractivity (Wildman–Crippen MR) is 70.0 cm³/mol. The second kappa shape index (κ2) is 4.63. The molecule has 0 atom stereocenters. The van der Waals surface area contributed by atoms with E-state index in [1.807, 2.05) is 6.92 Å². The van der Waals surface area contributed by atoms with Crippen LogP contribution in [0.2, 0.25) is 0 Å². The number of nitrogen functional groups attached to an aromatic ring is 1. The lowest BCUT2D eigenvalue weighted by Gasteiger charge is -2.09. The number of hydrogen-bond acceptors (Lipinski definition) is 3. The van der Waals surface area contributed by atoms with Crippen molar-refractivity contribution in [3.05, 3.63) is 46.3 Å². The molecular weight excluding hydrogens is 284 g/mol. The zero-order chi connectivity index (χ0) is 12.4. The van der Waals surface area contributed by atoms with E-state index in [0.29, 0.717) is 21.6 Å². The number of nitrogens with two attached hydrogens (primary N) is 1. The highest BCUT2D eigenvalue weighted by Crippen LogP contribution is 2.23. The van der Waals surface area contributed by atoms with Crippen LogP contribution >= 0.6 is 15.9 Å². The summed E-state index contributed by atoms with van der Waals surface area (Å²) in [5.74, 6) is -0.237. The Morgan fingerprint density at radius 1 is 1.41 bits per heavy atom. The number of furan rings is 1. The third-order valence-corrected chi connectivity index (χ3v) is 3.10. The number of nitrogens with one attached hydrogen (secondary N) is 1. The van der Waals surface area contributed by atoms with Crippen LogP contribution in [-0.4, -0.2) is 5.91 Å². The average Bonchev–Trinajstić information content (AvgIpc) is 2.71. The molecule has 4 nitrogen and oxygen atoms in total. The van der Waals surface area contributed by atoms with Crippen molar-refractivity contribution in [3.8, 4) is 0 Å². The first-order valence-electron chi connectivity index (χ1n) is 4.99. The molecule has 0 saturated carbocycles. The Bertz CT molecular complexity index is 563. The van der Waals surface area contributed by atoms with Gasteiger partial charge in [-0.2, -0.15) is 0 Å². The molecule has 0 unspecified atom stereocenters. The number of hydrogen-bond donors (Lipinski definition) is 2. The molecule has 0 bridgehead atoms. The minimum atomic E-state index is -0.237. The van der Waals surface area contributed by atoms with E-state index in [2.05, 4.69) is 21.2 Å². The maximum atomic E-state index is 11.9. The molecule has 17 heavy (non-hydrogen) atoms. The minimum absolute atomic E-state index is 0.237. The van der Waals surface area contributed by atoms with E-state index in [1.165, 1.54) is 6.26 Å². The van der Waals surface area contributed by atoms with Crippen LogP contribution in [0.15, 0.2) is 39.6 Å². The molecule has 0 radical (unpaired) electrons. The fourth-order valence-corrected chi connectivity index (χ4v) is 1.85. The zero-order valence-corrected chi connectivity index (χ0v) is 10.7. The molecule has 5 heteroatoms. The number of halogens is 1. The molecule has 0 fully saturated rings. The van der Waals surface area contributed by atoms with Gasteiger partial charge < -0.3 is 15.5 Å². The lowest BCUT2D eigenvalue weighted by Crippen LogP contribution is -2.12. The average molecular weight is 295 g/mol. The number of anilines is 2. The van der Waals surface area contributed by atoms with Crippen LogP contribution in [0, 0.1) is 6.92 Å². The molecule has 1 aromatic carbocycles. The van der Waals surface area contributed by atoms with E-state index >= 15 is 0 Å². The van der Waals surface area contributed by atoms with Crippen molar-refractivity contribution in [2.24, 2.45) is 0 Å². The van der Waals surface area contributed by atoms with Crippen molar-refractivity contribution < 1.29 is 9.21 Å². The molecule has 1 amide bonds. The van der Waals surface area contributed by atoms with Gasteiger partial charge in [0.25, 0.3) is 5.91 Å². The topological polar surface area (TPSA) is 68.3 Å². The first-order chi connectivity index (χ1) is 8.09. The molecule has 0 aliphatic carbocycles. The molecule has 1 heterocycles. The minimum Gasteiger partial charge on any atom is -0.457 e. The van der Waals surface area contributed by atoms with Gasteiger partial charge in [-0.1, -0.05) is 6.07 Å². The lowest BCUT2D eigenvalue weighted by molar-refractivity contribution is 0.102. The highest BCUT2D eigenvalue weighted by molar-refractivity contribution is 9.10. The van der Waals surface area contributed by atoms with Crippen molar-refractivity contribution in [2.75, 3.05) is 11.1 Å². The summed E-state index contributed by atoms with van der Waals surface area (Å²) in [5.41, 5.74) is 8.41. The summed E-state index contributed by atoms with van der Waals surface area (Å²) in [6.07, 6.45) is 1.45. The number of amides is 1. The van der Waals surface area contributed by atoms with Gasteiger partial charge in [0.15, 0.2) is 4.67 Å². The van der Waals surface area contributed by atoms with Gasteiger partial charge in [0.2, 0.25) is 0 Å². The van der Waals surface area contributed by atoms with Crippen LogP contribution in [-0.2, 0) is 0 Å². The van der Waals surface area contributed by atoms with Crippen LogP contribution in [0.25, 0.3) is 0 Å². The second-order valence-electron chi connectivity index (χ2n) is 3.58. The molecule has 2 aromatic rings. The van der Waals surface area contributed by atoms with E-state index in [4.69, 9.17) is 10.2 Å². The van der Waals surface area contributed by atoms with Gasteiger partial charge >= 0.3 is 0 Å². The molecule has 0 spiro atoms. The molecule has 1 aromatic heterocycles. The Labute approximate surface area is 107 Å². The van der Waals surface area contributed by atoms with E-state index in [-0.39, 0.29) is 5.91 Å². The van der Waals surface area contributed by atoms with Gasteiger partial charge in [-0.05, 0) is 46.6 Å². The summed E-state index contributed by atoms with van der Waals surface area (Å²) in [6.45, 7) is 1.86. The first-order valence-corrected chi connectivity index (χ1v) is 5.78. The van der Waals surface area contributed by atoms with Crippen molar-refractivity contribution in [1.29, 1.82) is 0 Å². The normalized spacial score (nSPS) is 10.2. The molecule has 2 rings (SSSR count). The van der Waals surface area contributed by atoms with Gasteiger partial charge in [-0.15, -0.1) is 0 Å². The molecular formula is C12H11BrN2O2. The van der Waals surface area contributed by atoms with E-state index in [9.17, 15) is 4.79 Å². The summed E-state index contributed by atoms with van der Waals surface area (Å²) in [6, 6.07) is 6.99. The van der Waals surface area contributed by atoms with Crippen molar-refractivity contribution >= 4 is 33.2 Å². The Morgan fingerprint density at radius 3 is 2.82 bits per heavy atom. The maximum absolute atomic E-state index is 11.9. The lowest BCUT2D eigenvalue weighted by atomic mass is 10.1. The first kappa shape index (κ1) is 11.7. The highest BCUT2D eigenvalue weighted by Gasteiger charge is 2.13. The summed E-state index contributed by atoms with van der Waals surface area (Å²) < 4.78 is 5.42. The standard InChI is InChI=1S/C12H11BrN2O2/c1-7-9(14)3-2-4-10(7)15-12(16)8-5-6-17-11(8)13/h2-6H,14H2,1H3,(H,15,16). The van der Waals surface area contributed by atoms with Crippen LogP contribution in [0.3, 0.4) is 0 Å². The number of carbonyl (C=O) groups excluding carboxylic acids is 1. The van der Waals surface area contributed by atoms with Gasteiger partial charge in [-0.3, -0.25) is 4.79 Å². The summed E-state index contributed by atoms with van der Waals surface area (Å²) in [4.78, 5) is 11.9. The summed E-state index contributed by atoms with van der Waals surface area (Å²) in [7, 11) is 0. The smallest absolute Gasteiger partial charge is 0.260 e. The largest absolute Gasteiger partial charge is 0.457 e. The number of carbonyl (C=O) groups is 1. The molecule has 0 aliphatic heterocycles. The van der Waals surface area contributed by atoms with Gasteiger partial charge in [0.05, 0.1) is 11.8 Å². The Kier molecular flexibility index (Phi) is 3.19. The molecule has 88 valence electrons. The van der Waals surface area contributed by atoms with E-state index in [1.54, 1.807) is 24.3 Å². The third-order valence-electron chi connectivity index (χ3n) is 2.49.